The van der Waals surface area contributed by atoms with Crippen LogP contribution in [0.3, 0.4) is 0 Å². The molecule has 2 amide bonds. The lowest BCUT2D eigenvalue weighted by Crippen LogP contribution is -2.19. The van der Waals surface area contributed by atoms with Gasteiger partial charge in [-0.05, 0) is 60.4 Å². The Balaban J connectivity index is 1.39. The fraction of sp³-hybridized carbons (Fsp3) is 0.192. The van der Waals surface area contributed by atoms with Crippen molar-refractivity contribution in [2.24, 2.45) is 0 Å². The minimum atomic E-state index is -4.49. The summed E-state index contributed by atoms with van der Waals surface area (Å²) in [5, 5.41) is 10.3. The van der Waals surface area contributed by atoms with E-state index in [9.17, 15) is 18.0 Å². The number of fused-ring (bicyclic) bond motifs is 1. The van der Waals surface area contributed by atoms with E-state index in [1.165, 1.54) is 12.1 Å². The Bertz CT molecular complexity index is 1460. The Morgan fingerprint density at radius 2 is 1.83 bits per heavy atom. The highest BCUT2D eigenvalue weighted by molar-refractivity contribution is 6.02. The Morgan fingerprint density at radius 3 is 2.50 bits per heavy atom. The number of anilines is 3. The highest BCUT2D eigenvalue weighted by Gasteiger charge is 2.30. The molecule has 7 nitrogen and oxygen atoms in total. The average Bonchev–Trinajstić information content (AvgIpc) is 3.64. The van der Waals surface area contributed by atoms with Crippen molar-refractivity contribution in [3.05, 3.63) is 78.5 Å². The third kappa shape index (κ3) is 4.74. The summed E-state index contributed by atoms with van der Waals surface area (Å²) in [7, 11) is 0. The molecule has 5 rings (SSSR count). The van der Waals surface area contributed by atoms with Crippen molar-refractivity contribution in [2.75, 3.05) is 16.4 Å². The minimum absolute atomic E-state index is 0.0396. The van der Waals surface area contributed by atoms with Crippen LogP contribution in [-0.2, 0) is 12.7 Å². The molecule has 4 aromatic rings. The van der Waals surface area contributed by atoms with Crippen LogP contribution in [0.1, 0.15) is 30.0 Å². The monoisotopic (exact) mass is 492 g/mol. The molecule has 0 unspecified atom stereocenters. The first-order valence-electron chi connectivity index (χ1n) is 11.4. The molecule has 0 atom stereocenters. The Labute approximate surface area is 204 Å². The van der Waals surface area contributed by atoms with Gasteiger partial charge in [0.05, 0.1) is 17.5 Å². The number of aromatic nitrogens is 3. The molecule has 0 spiro atoms. The number of carbonyl (C=O) groups excluding carboxylic acids is 1. The first-order valence-corrected chi connectivity index (χ1v) is 11.4. The highest BCUT2D eigenvalue weighted by Crippen LogP contribution is 2.43. The number of rotatable bonds is 6. The van der Waals surface area contributed by atoms with Gasteiger partial charge in [-0.25, -0.2) is 14.5 Å². The molecule has 0 bridgehead atoms. The standard InChI is InChI=1S/C26H23F3N6O/c1-2-12-35-24-22(23(30)34-35)20(14-21(33-24)16-6-7-16)15-8-10-18(11-9-15)31-25(36)32-19-5-3-4-17(13-19)26(27,28)29/h2-5,8-11,13-14,16H,1,6-7,12H2,(H2,30,34)(H2,31,32,36). The molecule has 2 aromatic carbocycles. The lowest BCUT2D eigenvalue weighted by Gasteiger charge is -2.12. The normalized spacial score (nSPS) is 13.5. The molecule has 2 aromatic heterocycles. The summed E-state index contributed by atoms with van der Waals surface area (Å²) in [5.41, 5.74) is 9.40. The zero-order valence-electron chi connectivity index (χ0n) is 19.1. The SMILES string of the molecule is C=CCn1nc(N)c2c(-c3ccc(NC(=O)Nc4cccc(C(F)(F)F)c4)cc3)cc(C3CC3)nc21. The number of halogens is 3. The van der Waals surface area contributed by atoms with Gasteiger partial charge in [0.25, 0.3) is 0 Å². The zero-order valence-corrected chi connectivity index (χ0v) is 19.1. The summed E-state index contributed by atoms with van der Waals surface area (Å²) in [6, 6.07) is 13.0. The quantitative estimate of drug-likeness (QED) is 0.271. The van der Waals surface area contributed by atoms with E-state index in [2.05, 4.69) is 22.3 Å². The predicted octanol–water partition coefficient (Wildman–Crippen LogP) is 6.41. The van der Waals surface area contributed by atoms with Crippen LogP contribution in [0.5, 0.6) is 0 Å². The molecule has 36 heavy (non-hydrogen) atoms. The number of nitrogens with two attached hydrogens (primary N) is 1. The van der Waals surface area contributed by atoms with Crippen LogP contribution >= 0.6 is 0 Å². The second kappa shape index (κ2) is 9.03. The molecule has 0 radical (unpaired) electrons. The molecule has 4 N–H and O–H groups in total. The van der Waals surface area contributed by atoms with Gasteiger partial charge in [0.1, 0.15) is 0 Å². The van der Waals surface area contributed by atoms with Crippen molar-refractivity contribution < 1.29 is 18.0 Å². The third-order valence-corrected chi connectivity index (χ3v) is 5.95. The van der Waals surface area contributed by atoms with Gasteiger partial charge >= 0.3 is 12.2 Å². The smallest absolute Gasteiger partial charge is 0.382 e. The summed E-state index contributed by atoms with van der Waals surface area (Å²) in [6.07, 6.45) is -0.574. The van der Waals surface area contributed by atoms with Crippen molar-refractivity contribution in [1.82, 2.24) is 14.8 Å². The summed E-state index contributed by atoms with van der Waals surface area (Å²) in [4.78, 5) is 17.2. The molecule has 1 saturated carbocycles. The number of pyridine rings is 1. The van der Waals surface area contributed by atoms with E-state index in [4.69, 9.17) is 10.7 Å². The first-order chi connectivity index (χ1) is 17.2. The van der Waals surface area contributed by atoms with Crippen LogP contribution in [0, 0.1) is 0 Å². The number of benzene rings is 2. The van der Waals surface area contributed by atoms with Crippen molar-refractivity contribution in [3.63, 3.8) is 0 Å². The van der Waals surface area contributed by atoms with Gasteiger partial charge in [-0.1, -0.05) is 24.3 Å². The Morgan fingerprint density at radius 1 is 1.11 bits per heavy atom. The second-order valence-electron chi connectivity index (χ2n) is 8.66. The maximum Gasteiger partial charge on any atom is 0.416 e. The average molecular weight is 493 g/mol. The zero-order chi connectivity index (χ0) is 25.4. The van der Waals surface area contributed by atoms with Gasteiger partial charge in [-0.3, -0.25) is 0 Å². The first kappa shape index (κ1) is 23.4. The van der Waals surface area contributed by atoms with Gasteiger partial charge < -0.3 is 16.4 Å². The molecular formula is C26H23F3N6O. The van der Waals surface area contributed by atoms with Gasteiger partial charge in [-0.15, -0.1) is 6.58 Å². The summed E-state index contributed by atoms with van der Waals surface area (Å²) < 4.78 is 40.5. The number of nitrogens with zero attached hydrogens (tertiary/aromatic N) is 3. The topological polar surface area (TPSA) is 97.9 Å². The van der Waals surface area contributed by atoms with Crippen LogP contribution < -0.4 is 16.4 Å². The lowest BCUT2D eigenvalue weighted by molar-refractivity contribution is -0.137. The van der Waals surface area contributed by atoms with Gasteiger partial charge in [-0.2, -0.15) is 18.3 Å². The predicted molar refractivity (Wildman–Crippen MR) is 134 cm³/mol. The van der Waals surface area contributed by atoms with Gasteiger partial charge in [0, 0.05) is 23.0 Å². The van der Waals surface area contributed by atoms with E-state index in [1.54, 1.807) is 22.9 Å². The number of amides is 2. The molecule has 2 heterocycles. The summed E-state index contributed by atoms with van der Waals surface area (Å²) in [6.45, 7) is 4.26. The van der Waals surface area contributed by atoms with Crippen molar-refractivity contribution in [3.8, 4) is 11.1 Å². The van der Waals surface area contributed by atoms with E-state index in [-0.39, 0.29) is 5.69 Å². The number of carbonyl (C=O) groups is 1. The fourth-order valence-corrected chi connectivity index (χ4v) is 4.08. The van der Waals surface area contributed by atoms with Crippen molar-refractivity contribution >= 4 is 34.3 Å². The fourth-order valence-electron chi connectivity index (χ4n) is 4.08. The van der Waals surface area contributed by atoms with Crippen LogP contribution in [0.4, 0.5) is 35.2 Å². The van der Waals surface area contributed by atoms with E-state index < -0.39 is 17.8 Å². The Kier molecular flexibility index (Phi) is 5.87. The third-order valence-electron chi connectivity index (χ3n) is 5.95. The maximum absolute atomic E-state index is 12.9. The molecule has 10 heteroatoms. The van der Waals surface area contributed by atoms with Crippen molar-refractivity contribution in [1.29, 1.82) is 0 Å². The number of nitrogen functional groups attached to an aromatic ring is 1. The molecule has 1 aliphatic rings. The van der Waals surface area contributed by atoms with E-state index in [1.807, 2.05) is 18.2 Å². The molecule has 184 valence electrons. The van der Waals surface area contributed by atoms with Crippen LogP contribution in [-0.4, -0.2) is 20.8 Å². The van der Waals surface area contributed by atoms with E-state index >= 15 is 0 Å². The molecule has 1 fully saturated rings. The number of urea groups is 1. The van der Waals surface area contributed by atoms with Crippen LogP contribution in [0.25, 0.3) is 22.2 Å². The highest BCUT2D eigenvalue weighted by atomic mass is 19.4. The van der Waals surface area contributed by atoms with Gasteiger partial charge in [0.2, 0.25) is 0 Å². The molecule has 0 aliphatic heterocycles. The largest absolute Gasteiger partial charge is 0.416 e. The summed E-state index contributed by atoms with van der Waals surface area (Å²) >= 11 is 0. The van der Waals surface area contributed by atoms with Gasteiger partial charge in [0.15, 0.2) is 11.5 Å². The maximum atomic E-state index is 12.9. The van der Waals surface area contributed by atoms with E-state index in [0.717, 1.165) is 47.2 Å². The van der Waals surface area contributed by atoms with Crippen LogP contribution in [0.15, 0.2) is 67.3 Å². The lowest BCUT2D eigenvalue weighted by atomic mass is 10.0. The van der Waals surface area contributed by atoms with Crippen LogP contribution in [0.2, 0.25) is 0 Å². The Hall–Kier alpha value is -4.34. The molecule has 1 aliphatic carbocycles. The number of hydrogen-bond donors (Lipinski definition) is 3. The number of hydrogen-bond acceptors (Lipinski definition) is 4. The second-order valence-corrected chi connectivity index (χ2v) is 8.66. The molecule has 0 saturated heterocycles. The molecular weight excluding hydrogens is 469 g/mol. The number of nitrogens with one attached hydrogen (secondary N) is 2. The van der Waals surface area contributed by atoms with Crippen molar-refractivity contribution in [2.45, 2.75) is 31.5 Å². The van der Waals surface area contributed by atoms with E-state index in [0.29, 0.717) is 29.6 Å². The summed E-state index contributed by atoms with van der Waals surface area (Å²) in [5.74, 6) is 0.793. The number of alkyl halides is 3. The number of allylic oxidation sites excluding steroid dienone is 1. The minimum Gasteiger partial charge on any atom is -0.382 e.